The number of nitrogens with two attached hydrogens (primary N) is 1. The molecule has 1 aromatic heterocycles. The van der Waals surface area contributed by atoms with Gasteiger partial charge >= 0.3 is 5.97 Å². The highest BCUT2D eigenvalue weighted by Gasteiger charge is 2.30. The van der Waals surface area contributed by atoms with Crippen LogP contribution in [-0.2, 0) is 16.1 Å². The van der Waals surface area contributed by atoms with Crippen molar-refractivity contribution in [2.45, 2.75) is 19.0 Å². The van der Waals surface area contributed by atoms with Gasteiger partial charge in [0, 0.05) is 0 Å². The maximum Gasteiger partial charge on any atom is 0.327 e. The lowest BCUT2D eigenvalue weighted by molar-refractivity contribution is -0.146. The fourth-order valence-electron chi connectivity index (χ4n) is 1.79. The summed E-state index contributed by atoms with van der Waals surface area (Å²) in [5, 5.41) is 0. The number of methoxy groups -OCH3 is 1. The molecule has 2 aromatic rings. The van der Waals surface area contributed by atoms with E-state index in [9.17, 15) is 4.79 Å². The van der Waals surface area contributed by atoms with Crippen LogP contribution in [0.4, 0.5) is 0 Å². The number of carbonyl (C=O) groups is 1. The third-order valence-corrected chi connectivity index (χ3v) is 2.68. The molecular formula is C12H15N3O2. The lowest BCUT2D eigenvalue weighted by Gasteiger charge is -2.22. The number of benzene rings is 1. The second kappa shape index (κ2) is 4.18. The molecule has 2 rings (SSSR count). The van der Waals surface area contributed by atoms with Crippen molar-refractivity contribution >= 4 is 17.0 Å². The number of hydrogen-bond acceptors (Lipinski definition) is 4. The molecule has 1 aromatic carbocycles. The molecule has 2 N–H and O–H groups in total. The van der Waals surface area contributed by atoms with Crippen LogP contribution in [0.5, 0.6) is 0 Å². The van der Waals surface area contributed by atoms with Gasteiger partial charge in [-0.05, 0) is 19.1 Å². The fraction of sp³-hybridized carbons (Fsp3) is 0.333. The Balaban J connectivity index is 2.33. The Labute approximate surface area is 99.2 Å². The van der Waals surface area contributed by atoms with Crippen LogP contribution < -0.4 is 5.73 Å². The molecule has 1 heterocycles. The zero-order valence-electron chi connectivity index (χ0n) is 9.88. The second-order valence-corrected chi connectivity index (χ2v) is 4.27. The molecule has 5 nitrogen and oxygen atoms in total. The minimum absolute atomic E-state index is 0.334. The van der Waals surface area contributed by atoms with Crippen molar-refractivity contribution in [1.29, 1.82) is 0 Å². The first-order chi connectivity index (χ1) is 8.04. The van der Waals surface area contributed by atoms with E-state index in [4.69, 9.17) is 5.73 Å². The number of imidazole rings is 1. The van der Waals surface area contributed by atoms with Crippen molar-refractivity contribution in [3.8, 4) is 0 Å². The zero-order valence-corrected chi connectivity index (χ0v) is 9.88. The smallest absolute Gasteiger partial charge is 0.327 e. The van der Waals surface area contributed by atoms with E-state index in [1.165, 1.54) is 7.11 Å². The maximum absolute atomic E-state index is 11.5. The highest BCUT2D eigenvalue weighted by atomic mass is 16.5. The number of esters is 1. The third-order valence-electron chi connectivity index (χ3n) is 2.68. The van der Waals surface area contributed by atoms with Crippen LogP contribution >= 0.6 is 0 Å². The van der Waals surface area contributed by atoms with Crippen LogP contribution in [-0.4, -0.2) is 28.2 Å². The quantitative estimate of drug-likeness (QED) is 0.800. The van der Waals surface area contributed by atoms with Gasteiger partial charge in [-0.1, -0.05) is 12.1 Å². The molecule has 0 radical (unpaired) electrons. The van der Waals surface area contributed by atoms with Gasteiger partial charge < -0.3 is 15.0 Å². The molecule has 0 fully saturated rings. The van der Waals surface area contributed by atoms with Gasteiger partial charge in [-0.3, -0.25) is 4.79 Å². The van der Waals surface area contributed by atoms with E-state index in [-0.39, 0.29) is 0 Å². The van der Waals surface area contributed by atoms with E-state index < -0.39 is 11.5 Å². The topological polar surface area (TPSA) is 70.1 Å². The Morgan fingerprint density at radius 3 is 2.94 bits per heavy atom. The van der Waals surface area contributed by atoms with Gasteiger partial charge in [0.2, 0.25) is 0 Å². The highest BCUT2D eigenvalue weighted by Crippen LogP contribution is 2.15. The molecule has 0 aliphatic heterocycles. The highest BCUT2D eigenvalue weighted by molar-refractivity contribution is 5.80. The van der Waals surface area contributed by atoms with E-state index in [1.807, 2.05) is 28.8 Å². The van der Waals surface area contributed by atoms with Crippen LogP contribution in [0.2, 0.25) is 0 Å². The normalized spacial score (nSPS) is 14.5. The Morgan fingerprint density at radius 2 is 2.24 bits per heavy atom. The van der Waals surface area contributed by atoms with Gasteiger partial charge in [-0.25, -0.2) is 4.98 Å². The fourth-order valence-corrected chi connectivity index (χ4v) is 1.79. The molecule has 0 amide bonds. The summed E-state index contributed by atoms with van der Waals surface area (Å²) >= 11 is 0. The number of carbonyl (C=O) groups excluding carboxylic acids is 1. The van der Waals surface area contributed by atoms with E-state index in [2.05, 4.69) is 9.72 Å². The van der Waals surface area contributed by atoms with Crippen LogP contribution in [0.15, 0.2) is 30.6 Å². The summed E-state index contributed by atoms with van der Waals surface area (Å²) in [4.78, 5) is 15.8. The van der Waals surface area contributed by atoms with E-state index >= 15 is 0 Å². The molecule has 0 saturated carbocycles. The first kappa shape index (κ1) is 11.6. The van der Waals surface area contributed by atoms with Gasteiger partial charge in [0.05, 0.1) is 31.0 Å². The molecule has 17 heavy (non-hydrogen) atoms. The maximum atomic E-state index is 11.5. The summed E-state index contributed by atoms with van der Waals surface area (Å²) in [5.41, 5.74) is 6.71. The number of nitrogens with zero attached hydrogens (tertiary/aromatic N) is 2. The third kappa shape index (κ3) is 2.14. The largest absolute Gasteiger partial charge is 0.468 e. The van der Waals surface area contributed by atoms with Crippen molar-refractivity contribution in [2.75, 3.05) is 7.11 Å². The number of ether oxygens (including phenoxy) is 1. The number of para-hydroxylation sites is 2. The van der Waals surface area contributed by atoms with Crippen molar-refractivity contribution in [1.82, 2.24) is 9.55 Å². The van der Waals surface area contributed by atoms with Crippen LogP contribution in [0.1, 0.15) is 6.92 Å². The summed E-state index contributed by atoms with van der Waals surface area (Å²) in [7, 11) is 1.33. The first-order valence-corrected chi connectivity index (χ1v) is 5.32. The summed E-state index contributed by atoms with van der Waals surface area (Å²) in [6.07, 6.45) is 1.68. The lowest BCUT2D eigenvalue weighted by Crippen LogP contribution is -2.49. The number of hydrogen-bond donors (Lipinski definition) is 1. The molecule has 90 valence electrons. The SMILES string of the molecule is COC(=O)C(C)(N)Cn1cnc2ccccc21. The predicted octanol–water partition coefficient (Wildman–Crippen LogP) is 0.927. The Bertz CT molecular complexity index is 545. The molecule has 0 saturated heterocycles. The molecular weight excluding hydrogens is 218 g/mol. The summed E-state index contributed by atoms with van der Waals surface area (Å²) in [5.74, 6) is -0.435. The lowest BCUT2D eigenvalue weighted by atomic mass is 10.0. The molecule has 1 unspecified atom stereocenters. The van der Waals surface area contributed by atoms with Gasteiger partial charge in [0.1, 0.15) is 5.54 Å². The predicted molar refractivity (Wildman–Crippen MR) is 64.3 cm³/mol. The Morgan fingerprint density at radius 1 is 1.53 bits per heavy atom. The average Bonchev–Trinajstić information content (AvgIpc) is 2.71. The number of rotatable bonds is 3. The summed E-state index contributed by atoms with van der Waals surface area (Å²) < 4.78 is 6.53. The summed E-state index contributed by atoms with van der Waals surface area (Å²) in [6.45, 7) is 1.98. The van der Waals surface area contributed by atoms with Gasteiger partial charge in [0.25, 0.3) is 0 Å². The molecule has 0 bridgehead atoms. The average molecular weight is 233 g/mol. The monoisotopic (exact) mass is 233 g/mol. The van der Waals surface area contributed by atoms with Gasteiger partial charge in [-0.15, -0.1) is 0 Å². The standard InChI is InChI=1S/C12H15N3O2/c1-12(13,11(16)17-2)7-15-8-14-9-5-3-4-6-10(9)15/h3-6,8H,7,13H2,1-2H3. The molecule has 1 atom stereocenters. The Kier molecular flexibility index (Phi) is 2.85. The minimum Gasteiger partial charge on any atom is -0.468 e. The van der Waals surface area contributed by atoms with Crippen LogP contribution in [0.25, 0.3) is 11.0 Å². The Hall–Kier alpha value is -1.88. The van der Waals surface area contributed by atoms with Crippen molar-refractivity contribution in [3.05, 3.63) is 30.6 Å². The summed E-state index contributed by atoms with van der Waals surface area (Å²) in [6, 6.07) is 7.70. The van der Waals surface area contributed by atoms with Crippen LogP contribution in [0, 0.1) is 0 Å². The van der Waals surface area contributed by atoms with Crippen LogP contribution in [0.3, 0.4) is 0 Å². The number of aromatic nitrogens is 2. The van der Waals surface area contributed by atoms with Crippen molar-refractivity contribution in [3.63, 3.8) is 0 Å². The van der Waals surface area contributed by atoms with E-state index in [0.717, 1.165) is 11.0 Å². The van der Waals surface area contributed by atoms with E-state index in [1.54, 1.807) is 13.3 Å². The molecule has 0 spiro atoms. The second-order valence-electron chi connectivity index (χ2n) is 4.27. The van der Waals surface area contributed by atoms with E-state index in [0.29, 0.717) is 6.54 Å². The minimum atomic E-state index is -1.06. The number of fused-ring (bicyclic) bond motifs is 1. The molecule has 0 aliphatic carbocycles. The van der Waals surface area contributed by atoms with Crippen molar-refractivity contribution < 1.29 is 9.53 Å². The zero-order chi connectivity index (χ0) is 12.5. The van der Waals surface area contributed by atoms with Gasteiger partial charge in [-0.2, -0.15) is 0 Å². The molecule has 5 heteroatoms. The van der Waals surface area contributed by atoms with Crippen molar-refractivity contribution in [2.24, 2.45) is 5.73 Å². The molecule has 0 aliphatic rings. The first-order valence-electron chi connectivity index (χ1n) is 5.32. The van der Waals surface area contributed by atoms with Gasteiger partial charge in [0.15, 0.2) is 0 Å².